The van der Waals surface area contributed by atoms with Gasteiger partial charge in [-0.15, -0.1) is 0 Å². The topological polar surface area (TPSA) is 33.1 Å². The summed E-state index contributed by atoms with van der Waals surface area (Å²) in [6.45, 7) is -0.0673. The standard InChI is InChI=1S/C9H11F2NO/c10-9(11)4-3-8-2-1-7(6-13)5-12-8/h1-2,5,9,13H,3-4,6H2. The molecule has 1 rings (SSSR count). The number of hydrogen-bond donors (Lipinski definition) is 1. The van der Waals surface area contributed by atoms with Crippen molar-refractivity contribution in [3.05, 3.63) is 29.6 Å². The van der Waals surface area contributed by atoms with Crippen LogP contribution in [-0.2, 0) is 13.0 Å². The first-order chi connectivity index (χ1) is 6.22. The number of aryl methyl sites for hydroxylation is 1. The van der Waals surface area contributed by atoms with Crippen molar-refractivity contribution < 1.29 is 13.9 Å². The zero-order chi connectivity index (χ0) is 9.68. The molecule has 0 saturated heterocycles. The van der Waals surface area contributed by atoms with Crippen LogP contribution in [0.4, 0.5) is 8.78 Å². The first-order valence-corrected chi connectivity index (χ1v) is 4.05. The highest BCUT2D eigenvalue weighted by Gasteiger charge is 2.03. The van der Waals surface area contributed by atoms with Gasteiger partial charge >= 0.3 is 0 Å². The number of alkyl halides is 2. The third-order valence-corrected chi connectivity index (χ3v) is 1.69. The van der Waals surface area contributed by atoms with Crippen LogP contribution in [0.2, 0.25) is 0 Å². The Morgan fingerprint density at radius 2 is 2.15 bits per heavy atom. The Bertz CT molecular complexity index is 248. The first-order valence-electron chi connectivity index (χ1n) is 4.05. The van der Waals surface area contributed by atoms with Gasteiger partial charge in [0.05, 0.1) is 6.61 Å². The van der Waals surface area contributed by atoms with E-state index >= 15 is 0 Å². The molecule has 0 fully saturated rings. The second kappa shape index (κ2) is 4.87. The van der Waals surface area contributed by atoms with Gasteiger partial charge in [-0.1, -0.05) is 6.07 Å². The fourth-order valence-electron chi connectivity index (χ4n) is 0.954. The molecule has 0 spiro atoms. The molecule has 0 aliphatic heterocycles. The highest BCUT2D eigenvalue weighted by molar-refractivity contribution is 5.13. The van der Waals surface area contributed by atoms with Gasteiger partial charge in [-0.3, -0.25) is 4.98 Å². The second-order valence-electron chi connectivity index (χ2n) is 2.75. The van der Waals surface area contributed by atoms with Crippen molar-refractivity contribution in [1.82, 2.24) is 4.98 Å². The molecule has 1 heterocycles. The minimum atomic E-state index is -2.28. The molecule has 0 aromatic carbocycles. The van der Waals surface area contributed by atoms with Crippen molar-refractivity contribution in [1.29, 1.82) is 0 Å². The summed E-state index contributed by atoms with van der Waals surface area (Å²) >= 11 is 0. The minimum absolute atomic E-state index is 0.0673. The van der Waals surface area contributed by atoms with Crippen molar-refractivity contribution in [2.45, 2.75) is 25.9 Å². The van der Waals surface area contributed by atoms with Gasteiger partial charge in [0.25, 0.3) is 0 Å². The number of aliphatic hydroxyl groups is 1. The molecule has 0 saturated carbocycles. The van der Waals surface area contributed by atoms with E-state index in [0.29, 0.717) is 11.3 Å². The molecule has 13 heavy (non-hydrogen) atoms. The molecule has 0 bridgehead atoms. The summed E-state index contributed by atoms with van der Waals surface area (Å²) in [4.78, 5) is 3.93. The summed E-state index contributed by atoms with van der Waals surface area (Å²) in [5.74, 6) is 0. The van der Waals surface area contributed by atoms with E-state index < -0.39 is 6.43 Å². The van der Waals surface area contributed by atoms with E-state index in [9.17, 15) is 8.78 Å². The molecule has 0 amide bonds. The smallest absolute Gasteiger partial charge is 0.239 e. The van der Waals surface area contributed by atoms with Gasteiger partial charge in [0, 0.05) is 18.3 Å². The lowest BCUT2D eigenvalue weighted by atomic mass is 10.2. The molecular weight excluding hydrogens is 176 g/mol. The van der Waals surface area contributed by atoms with Crippen molar-refractivity contribution in [3.63, 3.8) is 0 Å². The summed E-state index contributed by atoms with van der Waals surface area (Å²) in [6.07, 6.45) is -0.658. The van der Waals surface area contributed by atoms with Gasteiger partial charge in [0.15, 0.2) is 0 Å². The van der Waals surface area contributed by atoms with E-state index in [1.165, 1.54) is 6.20 Å². The van der Waals surface area contributed by atoms with Crippen LogP contribution in [0.1, 0.15) is 17.7 Å². The molecule has 0 aliphatic rings. The number of hydrogen-bond acceptors (Lipinski definition) is 2. The van der Waals surface area contributed by atoms with Crippen LogP contribution in [0.15, 0.2) is 18.3 Å². The van der Waals surface area contributed by atoms with Crippen molar-refractivity contribution in [2.75, 3.05) is 0 Å². The zero-order valence-electron chi connectivity index (χ0n) is 7.08. The van der Waals surface area contributed by atoms with Gasteiger partial charge in [0.2, 0.25) is 6.43 Å². The van der Waals surface area contributed by atoms with E-state index in [1.807, 2.05) is 0 Å². The molecule has 1 aromatic heterocycles. The van der Waals surface area contributed by atoms with Crippen LogP contribution in [0, 0.1) is 0 Å². The highest BCUT2D eigenvalue weighted by atomic mass is 19.3. The summed E-state index contributed by atoms with van der Waals surface area (Å²) in [6, 6.07) is 3.35. The van der Waals surface area contributed by atoms with Gasteiger partial charge in [0.1, 0.15) is 0 Å². The maximum absolute atomic E-state index is 11.8. The normalized spacial score (nSPS) is 10.8. The zero-order valence-corrected chi connectivity index (χ0v) is 7.08. The monoisotopic (exact) mass is 187 g/mol. The van der Waals surface area contributed by atoms with Crippen molar-refractivity contribution in [3.8, 4) is 0 Å². The van der Waals surface area contributed by atoms with Crippen LogP contribution in [-0.4, -0.2) is 16.5 Å². The molecule has 1 aromatic rings. The first kappa shape index (κ1) is 10.1. The number of nitrogens with zero attached hydrogens (tertiary/aromatic N) is 1. The molecule has 2 nitrogen and oxygen atoms in total. The molecule has 4 heteroatoms. The number of aliphatic hydroxyl groups excluding tert-OH is 1. The fourth-order valence-corrected chi connectivity index (χ4v) is 0.954. The van der Waals surface area contributed by atoms with Crippen LogP contribution in [0.25, 0.3) is 0 Å². The average Bonchev–Trinajstić information content (AvgIpc) is 2.15. The fraction of sp³-hybridized carbons (Fsp3) is 0.444. The van der Waals surface area contributed by atoms with Crippen molar-refractivity contribution in [2.24, 2.45) is 0 Å². The van der Waals surface area contributed by atoms with Crippen LogP contribution in [0.3, 0.4) is 0 Å². The molecule has 0 unspecified atom stereocenters. The molecular formula is C9H11F2NO. The maximum Gasteiger partial charge on any atom is 0.239 e. The Labute approximate surface area is 75.2 Å². The SMILES string of the molecule is OCc1ccc(CCC(F)F)nc1. The molecule has 0 atom stereocenters. The predicted octanol–water partition coefficient (Wildman–Crippen LogP) is 1.77. The summed E-state index contributed by atoms with van der Waals surface area (Å²) in [5, 5.41) is 8.69. The van der Waals surface area contributed by atoms with Gasteiger partial charge in [-0.05, 0) is 18.1 Å². The second-order valence-corrected chi connectivity index (χ2v) is 2.75. The summed E-state index contributed by atoms with van der Waals surface area (Å²) < 4.78 is 23.6. The Hall–Kier alpha value is -1.03. The molecule has 72 valence electrons. The van der Waals surface area contributed by atoms with E-state index in [0.717, 1.165) is 0 Å². The number of rotatable bonds is 4. The van der Waals surface area contributed by atoms with Crippen molar-refractivity contribution >= 4 is 0 Å². The summed E-state index contributed by atoms with van der Waals surface area (Å²) in [5.41, 5.74) is 1.33. The van der Waals surface area contributed by atoms with E-state index in [-0.39, 0.29) is 19.4 Å². The quantitative estimate of drug-likeness (QED) is 0.779. The third-order valence-electron chi connectivity index (χ3n) is 1.69. The lowest BCUT2D eigenvalue weighted by molar-refractivity contribution is 0.137. The molecule has 0 radical (unpaired) electrons. The van der Waals surface area contributed by atoms with Crippen LogP contribution in [0.5, 0.6) is 0 Å². The summed E-state index contributed by atoms with van der Waals surface area (Å²) in [7, 11) is 0. The Balaban J connectivity index is 2.49. The van der Waals surface area contributed by atoms with E-state index in [2.05, 4.69) is 4.98 Å². The molecule has 1 N–H and O–H groups in total. The lowest BCUT2D eigenvalue weighted by Crippen LogP contribution is -1.97. The van der Waals surface area contributed by atoms with E-state index in [4.69, 9.17) is 5.11 Å². The van der Waals surface area contributed by atoms with Gasteiger partial charge < -0.3 is 5.11 Å². The minimum Gasteiger partial charge on any atom is -0.392 e. The number of halogens is 2. The van der Waals surface area contributed by atoms with Crippen LogP contribution < -0.4 is 0 Å². The Morgan fingerprint density at radius 3 is 2.62 bits per heavy atom. The van der Waals surface area contributed by atoms with E-state index in [1.54, 1.807) is 12.1 Å². The Morgan fingerprint density at radius 1 is 1.38 bits per heavy atom. The van der Waals surface area contributed by atoms with Gasteiger partial charge in [-0.25, -0.2) is 8.78 Å². The number of pyridine rings is 1. The van der Waals surface area contributed by atoms with Gasteiger partial charge in [-0.2, -0.15) is 0 Å². The number of aromatic nitrogens is 1. The maximum atomic E-state index is 11.8. The molecule has 0 aliphatic carbocycles. The Kier molecular flexibility index (Phi) is 3.76. The average molecular weight is 187 g/mol. The van der Waals surface area contributed by atoms with Crippen LogP contribution >= 0.6 is 0 Å². The predicted molar refractivity (Wildman–Crippen MR) is 44.5 cm³/mol. The highest BCUT2D eigenvalue weighted by Crippen LogP contribution is 2.07. The lowest BCUT2D eigenvalue weighted by Gasteiger charge is -2.00. The third kappa shape index (κ3) is 3.46. The largest absolute Gasteiger partial charge is 0.392 e.